The molecule has 3 nitrogen and oxygen atoms in total. The van der Waals surface area contributed by atoms with Gasteiger partial charge in [-0.05, 0) is 29.3 Å². The Balaban J connectivity index is 1.94. The molecule has 0 fully saturated rings. The molecule has 3 rings (SSSR count). The van der Waals surface area contributed by atoms with Crippen molar-refractivity contribution in [1.29, 1.82) is 0 Å². The highest BCUT2D eigenvalue weighted by molar-refractivity contribution is 5.40. The number of ether oxygens (including phenoxy) is 2. The highest BCUT2D eigenvalue weighted by Gasteiger charge is 2.29. The summed E-state index contributed by atoms with van der Waals surface area (Å²) in [6.45, 7) is 0.488. The van der Waals surface area contributed by atoms with Gasteiger partial charge in [0.25, 0.3) is 0 Å². The minimum Gasteiger partial charge on any atom is -0.485 e. The number of benzene rings is 2. The predicted octanol–water partition coefficient (Wildman–Crippen LogP) is 3.53. The molecule has 0 amide bonds. The van der Waals surface area contributed by atoms with Crippen LogP contribution in [0.5, 0.6) is 5.75 Å². The summed E-state index contributed by atoms with van der Waals surface area (Å²) in [4.78, 5) is 0. The molecular formula is C17H17FO3. The first-order valence-electron chi connectivity index (χ1n) is 6.90. The lowest BCUT2D eigenvalue weighted by Gasteiger charge is -2.31. The van der Waals surface area contributed by atoms with Crippen molar-refractivity contribution in [1.82, 2.24) is 0 Å². The van der Waals surface area contributed by atoms with Gasteiger partial charge >= 0.3 is 0 Å². The molecule has 0 aliphatic carbocycles. The van der Waals surface area contributed by atoms with Crippen LogP contribution in [0.3, 0.4) is 0 Å². The molecule has 21 heavy (non-hydrogen) atoms. The summed E-state index contributed by atoms with van der Waals surface area (Å²) in [6, 6.07) is 12.1. The number of hydrogen-bond acceptors (Lipinski definition) is 3. The van der Waals surface area contributed by atoms with E-state index in [1.807, 2.05) is 24.3 Å². The number of fused-ring (bicyclic) bond motifs is 1. The Kier molecular flexibility index (Phi) is 3.90. The van der Waals surface area contributed by atoms with E-state index in [1.165, 1.54) is 12.1 Å². The van der Waals surface area contributed by atoms with Crippen molar-refractivity contribution in [2.45, 2.75) is 25.2 Å². The van der Waals surface area contributed by atoms with E-state index in [4.69, 9.17) is 9.47 Å². The van der Waals surface area contributed by atoms with Crippen LogP contribution in [0.2, 0.25) is 0 Å². The lowest BCUT2D eigenvalue weighted by Crippen LogP contribution is -2.20. The Morgan fingerprint density at radius 3 is 2.86 bits per heavy atom. The molecule has 0 bridgehead atoms. The summed E-state index contributed by atoms with van der Waals surface area (Å²) in [5, 5.41) is 10.3. The van der Waals surface area contributed by atoms with Crippen LogP contribution >= 0.6 is 0 Å². The molecule has 0 saturated carbocycles. The highest BCUT2D eigenvalue weighted by Crippen LogP contribution is 2.41. The van der Waals surface area contributed by atoms with Gasteiger partial charge in [0.15, 0.2) is 0 Å². The third-order valence-electron chi connectivity index (χ3n) is 3.74. The Labute approximate surface area is 122 Å². The summed E-state index contributed by atoms with van der Waals surface area (Å²) in [6.07, 6.45) is -0.591. The monoisotopic (exact) mass is 288 g/mol. The van der Waals surface area contributed by atoms with E-state index in [0.717, 1.165) is 11.1 Å². The van der Waals surface area contributed by atoms with Crippen molar-refractivity contribution < 1.29 is 19.0 Å². The van der Waals surface area contributed by atoms with Gasteiger partial charge in [-0.3, -0.25) is 0 Å². The highest BCUT2D eigenvalue weighted by atomic mass is 19.1. The molecule has 0 radical (unpaired) electrons. The van der Waals surface area contributed by atoms with Crippen LogP contribution in [0.15, 0.2) is 42.5 Å². The van der Waals surface area contributed by atoms with E-state index in [0.29, 0.717) is 24.3 Å². The van der Waals surface area contributed by atoms with E-state index in [-0.39, 0.29) is 11.9 Å². The third kappa shape index (κ3) is 2.77. The normalized spacial score (nSPS) is 20.7. The van der Waals surface area contributed by atoms with Crippen molar-refractivity contribution in [2.24, 2.45) is 0 Å². The van der Waals surface area contributed by atoms with Crippen molar-refractivity contribution in [3.05, 3.63) is 65.0 Å². The van der Waals surface area contributed by atoms with Gasteiger partial charge in [-0.25, -0.2) is 4.39 Å². The van der Waals surface area contributed by atoms with Gasteiger partial charge in [0.2, 0.25) is 0 Å². The molecule has 1 aliphatic heterocycles. The van der Waals surface area contributed by atoms with E-state index in [9.17, 15) is 9.50 Å². The molecule has 0 saturated heterocycles. The van der Waals surface area contributed by atoms with Crippen molar-refractivity contribution in [3.8, 4) is 5.75 Å². The summed E-state index contributed by atoms with van der Waals surface area (Å²) >= 11 is 0. The molecule has 110 valence electrons. The van der Waals surface area contributed by atoms with E-state index in [2.05, 4.69) is 0 Å². The lowest BCUT2D eigenvalue weighted by atomic mass is 9.92. The fraction of sp³-hybridized carbons (Fsp3) is 0.294. The molecule has 1 N–H and O–H groups in total. The van der Waals surface area contributed by atoms with Gasteiger partial charge in [0.1, 0.15) is 17.7 Å². The second kappa shape index (κ2) is 5.84. The summed E-state index contributed by atoms with van der Waals surface area (Å²) in [5.74, 6) is 0.169. The number of hydrogen-bond donors (Lipinski definition) is 1. The summed E-state index contributed by atoms with van der Waals surface area (Å²) in [7, 11) is 1.64. The molecule has 4 heteroatoms. The third-order valence-corrected chi connectivity index (χ3v) is 3.74. The summed E-state index contributed by atoms with van der Waals surface area (Å²) in [5.41, 5.74) is 2.53. The topological polar surface area (TPSA) is 38.7 Å². The van der Waals surface area contributed by atoms with Crippen LogP contribution in [-0.4, -0.2) is 12.2 Å². The van der Waals surface area contributed by atoms with Crippen LogP contribution in [0, 0.1) is 5.82 Å². The van der Waals surface area contributed by atoms with E-state index in [1.54, 1.807) is 13.2 Å². The van der Waals surface area contributed by atoms with Gasteiger partial charge < -0.3 is 14.6 Å². The SMILES string of the molecule is COCc1ccccc1C1C[C@H](O)c2cc(F)ccc2O1. The van der Waals surface area contributed by atoms with Crippen molar-refractivity contribution >= 4 is 0 Å². The standard InChI is InChI=1S/C17H17FO3/c1-20-10-11-4-2-3-5-13(11)17-9-15(19)14-8-12(18)6-7-16(14)21-17/h2-8,15,17,19H,9-10H2,1H3/t15-,17?/m0/s1. The Morgan fingerprint density at radius 1 is 1.24 bits per heavy atom. The Morgan fingerprint density at radius 2 is 2.05 bits per heavy atom. The van der Waals surface area contributed by atoms with Crippen LogP contribution in [0.1, 0.15) is 35.3 Å². The molecule has 0 spiro atoms. The largest absolute Gasteiger partial charge is 0.485 e. The average molecular weight is 288 g/mol. The van der Waals surface area contributed by atoms with Crippen molar-refractivity contribution in [2.75, 3.05) is 7.11 Å². The van der Waals surface area contributed by atoms with Crippen LogP contribution in [0.4, 0.5) is 4.39 Å². The van der Waals surface area contributed by atoms with Gasteiger partial charge in [0, 0.05) is 19.1 Å². The minimum atomic E-state index is -0.731. The molecule has 2 atom stereocenters. The van der Waals surface area contributed by atoms with E-state index >= 15 is 0 Å². The molecule has 1 heterocycles. The van der Waals surface area contributed by atoms with Crippen LogP contribution < -0.4 is 4.74 Å². The number of aliphatic hydroxyl groups excluding tert-OH is 1. The van der Waals surface area contributed by atoms with Crippen LogP contribution in [-0.2, 0) is 11.3 Å². The van der Waals surface area contributed by atoms with Crippen LogP contribution in [0.25, 0.3) is 0 Å². The first kappa shape index (κ1) is 14.0. The lowest BCUT2D eigenvalue weighted by molar-refractivity contribution is 0.0638. The second-order valence-corrected chi connectivity index (χ2v) is 5.17. The smallest absolute Gasteiger partial charge is 0.127 e. The fourth-order valence-electron chi connectivity index (χ4n) is 2.74. The predicted molar refractivity (Wildman–Crippen MR) is 76.5 cm³/mol. The average Bonchev–Trinajstić information content (AvgIpc) is 2.49. The molecule has 2 aromatic rings. The Bertz CT molecular complexity index is 642. The molecule has 1 unspecified atom stereocenters. The molecule has 2 aromatic carbocycles. The molecular weight excluding hydrogens is 271 g/mol. The summed E-state index contributed by atoms with van der Waals surface area (Å²) < 4.78 is 24.4. The quantitative estimate of drug-likeness (QED) is 0.939. The number of methoxy groups -OCH3 is 1. The maximum Gasteiger partial charge on any atom is 0.127 e. The number of aliphatic hydroxyl groups is 1. The second-order valence-electron chi connectivity index (χ2n) is 5.17. The van der Waals surface area contributed by atoms with Gasteiger partial charge in [-0.15, -0.1) is 0 Å². The zero-order valence-corrected chi connectivity index (χ0v) is 11.8. The van der Waals surface area contributed by atoms with E-state index < -0.39 is 6.10 Å². The van der Waals surface area contributed by atoms with Crippen molar-refractivity contribution in [3.63, 3.8) is 0 Å². The van der Waals surface area contributed by atoms with Gasteiger partial charge in [-0.1, -0.05) is 24.3 Å². The van der Waals surface area contributed by atoms with Gasteiger partial charge in [0.05, 0.1) is 12.7 Å². The zero-order chi connectivity index (χ0) is 14.8. The maximum atomic E-state index is 13.3. The first-order chi connectivity index (χ1) is 10.2. The van der Waals surface area contributed by atoms with Gasteiger partial charge in [-0.2, -0.15) is 0 Å². The first-order valence-corrected chi connectivity index (χ1v) is 6.90. The minimum absolute atomic E-state index is 0.260. The number of halogens is 1. The fourth-order valence-corrected chi connectivity index (χ4v) is 2.74. The number of rotatable bonds is 3. The molecule has 0 aromatic heterocycles. The zero-order valence-electron chi connectivity index (χ0n) is 11.8. The Hall–Kier alpha value is -1.91. The maximum absolute atomic E-state index is 13.3. The molecule has 1 aliphatic rings.